The molecule has 0 atom stereocenters. The molecule has 0 spiro atoms. The van der Waals surface area contributed by atoms with Crippen molar-refractivity contribution in [2.45, 2.75) is 58.8 Å². The molecule has 1 nitrogen and oxygen atoms in total. The zero-order chi connectivity index (χ0) is 13.5. The summed E-state index contributed by atoms with van der Waals surface area (Å²) in [6.07, 6.45) is 9.79. The van der Waals surface area contributed by atoms with Gasteiger partial charge >= 0.3 is 0 Å². The van der Waals surface area contributed by atoms with Gasteiger partial charge in [-0.3, -0.25) is 0 Å². The highest BCUT2D eigenvalue weighted by atomic mass is 32.2. The number of nitrogens with zero attached hydrogens (tertiary/aromatic N) is 1. The van der Waals surface area contributed by atoms with E-state index in [0.717, 1.165) is 5.75 Å². The maximum absolute atomic E-state index is 4.23. The predicted octanol–water partition coefficient (Wildman–Crippen LogP) is 4.72. The lowest BCUT2D eigenvalue weighted by Gasteiger charge is -2.17. The Bertz CT molecular complexity index is 149. The van der Waals surface area contributed by atoms with Gasteiger partial charge < -0.3 is 4.90 Å². The molecular formula is C15H33NS2. The number of hydrogen-bond donors (Lipinski definition) is 1. The van der Waals surface area contributed by atoms with Gasteiger partial charge in [-0.1, -0.05) is 46.0 Å². The van der Waals surface area contributed by atoms with Crippen molar-refractivity contribution in [3.8, 4) is 0 Å². The second-order valence-electron chi connectivity index (χ2n) is 4.84. The Morgan fingerprint density at radius 1 is 0.778 bits per heavy atom. The molecule has 0 aromatic carbocycles. The molecule has 0 saturated heterocycles. The Kier molecular flexibility index (Phi) is 16.3. The van der Waals surface area contributed by atoms with Gasteiger partial charge in [0.1, 0.15) is 0 Å². The second kappa shape index (κ2) is 15.7. The molecule has 0 bridgehead atoms. The molecule has 0 aliphatic carbocycles. The largest absolute Gasteiger partial charge is 0.303 e. The van der Waals surface area contributed by atoms with Gasteiger partial charge in [0.05, 0.1) is 0 Å². The zero-order valence-electron chi connectivity index (χ0n) is 12.5. The minimum Gasteiger partial charge on any atom is -0.303 e. The molecule has 0 aromatic rings. The van der Waals surface area contributed by atoms with Crippen molar-refractivity contribution in [3.63, 3.8) is 0 Å². The first-order chi connectivity index (χ1) is 8.85. The second-order valence-corrected chi connectivity index (χ2v) is 6.51. The molecule has 0 rings (SSSR count). The number of thiol groups is 1. The fourth-order valence-electron chi connectivity index (χ4n) is 2.04. The molecule has 3 heteroatoms. The van der Waals surface area contributed by atoms with Gasteiger partial charge in [-0.15, -0.1) is 0 Å². The first-order valence-corrected chi connectivity index (χ1v) is 9.54. The molecule has 0 N–H and O–H groups in total. The van der Waals surface area contributed by atoms with Crippen LogP contribution in [-0.2, 0) is 0 Å². The van der Waals surface area contributed by atoms with Crippen molar-refractivity contribution >= 4 is 24.4 Å². The zero-order valence-corrected chi connectivity index (χ0v) is 14.2. The summed E-state index contributed by atoms with van der Waals surface area (Å²) in [6, 6.07) is 0. The number of rotatable bonds is 14. The maximum Gasteiger partial charge on any atom is 0.00721 e. The van der Waals surface area contributed by atoms with Gasteiger partial charge in [0.15, 0.2) is 0 Å². The Hall–Kier alpha value is 0.660. The molecular weight excluding hydrogens is 258 g/mol. The molecule has 0 aliphatic rings. The SMILES string of the molecule is CCN(CC)CCSCCCCCCCCCS. The average molecular weight is 292 g/mol. The minimum absolute atomic E-state index is 1.06. The topological polar surface area (TPSA) is 3.24 Å². The third kappa shape index (κ3) is 13.1. The molecule has 0 amide bonds. The van der Waals surface area contributed by atoms with Gasteiger partial charge in [-0.05, 0) is 37.4 Å². The number of unbranched alkanes of at least 4 members (excludes halogenated alkanes) is 6. The van der Waals surface area contributed by atoms with Crippen LogP contribution >= 0.6 is 24.4 Å². The van der Waals surface area contributed by atoms with Crippen LogP contribution < -0.4 is 0 Å². The van der Waals surface area contributed by atoms with E-state index in [4.69, 9.17) is 0 Å². The summed E-state index contributed by atoms with van der Waals surface area (Å²) in [5.74, 6) is 3.73. The standard InChI is InChI=1S/C15H33NS2/c1-3-16(4-2)12-15-18-14-11-9-7-5-6-8-10-13-17/h17H,3-15H2,1-2H3. The van der Waals surface area contributed by atoms with Crippen LogP contribution in [0.3, 0.4) is 0 Å². The first kappa shape index (κ1) is 18.7. The predicted molar refractivity (Wildman–Crippen MR) is 91.3 cm³/mol. The van der Waals surface area contributed by atoms with Crippen molar-refractivity contribution in [2.75, 3.05) is 36.9 Å². The lowest BCUT2D eigenvalue weighted by molar-refractivity contribution is 0.324. The van der Waals surface area contributed by atoms with Crippen molar-refractivity contribution in [1.82, 2.24) is 4.90 Å². The van der Waals surface area contributed by atoms with E-state index >= 15 is 0 Å². The van der Waals surface area contributed by atoms with E-state index in [0.29, 0.717) is 0 Å². The molecule has 18 heavy (non-hydrogen) atoms. The fourth-order valence-corrected chi connectivity index (χ4v) is 3.26. The van der Waals surface area contributed by atoms with E-state index in [1.165, 1.54) is 76.1 Å². The van der Waals surface area contributed by atoms with E-state index in [1.54, 1.807) is 0 Å². The van der Waals surface area contributed by atoms with Crippen LogP contribution in [0.5, 0.6) is 0 Å². The van der Waals surface area contributed by atoms with Crippen LogP contribution in [0.15, 0.2) is 0 Å². The van der Waals surface area contributed by atoms with Gasteiger partial charge in [0, 0.05) is 12.3 Å². The van der Waals surface area contributed by atoms with Crippen molar-refractivity contribution in [2.24, 2.45) is 0 Å². The third-order valence-corrected chi connectivity index (χ3v) is 4.76. The highest BCUT2D eigenvalue weighted by Gasteiger charge is 1.98. The monoisotopic (exact) mass is 291 g/mol. The Labute approximate surface area is 125 Å². The Morgan fingerprint density at radius 3 is 1.89 bits per heavy atom. The van der Waals surface area contributed by atoms with E-state index < -0.39 is 0 Å². The summed E-state index contributed by atoms with van der Waals surface area (Å²) in [4.78, 5) is 2.51. The van der Waals surface area contributed by atoms with Crippen molar-refractivity contribution in [1.29, 1.82) is 0 Å². The molecule has 0 fully saturated rings. The molecule has 0 unspecified atom stereocenters. The lowest BCUT2D eigenvalue weighted by Crippen LogP contribution is -2.25. The van der Waals surface area contributed by atoms with Crippen molar-refractivity contribution < 1.29 is 0 Å². The van der Waals surface area contributed by atoms with Crippen LogP contribution in [0.2, 0.25) is 0 Å². The molecule has 0 radical (unpaired) electrons. The van der Waals surface area contributed by atoms with Crippen molar-refractivity contribution in [3.05, 3.63) is 0 Å². The normalized spacial score (nSPS) is 11.3. The maximum atomic E-state index is 4.23. The summed E-state index contributed by atoms with van der Waals surface area (Å²) in [5, 5.41) is 0. The molecule has 110 valence electrons. The van der Waals surface area contributed by atoms with Crippen LogP contribution in [0.1, 0.15) is 58.8 Å². The summed E-state index contributed by atoms with van der Waals surface area (Å²) >= 11 is 6.37. The van der Waals surface area contributed by atoms with E-state index in [2.05, 4.69) is 43.1 Å². The lowest BCUT2D eigenvalue weighted by atomic mass is 10.1. The average Bonchev–Trinajstić information content (AvgIpc) is 2.40. The summed E-state index contributed by atoms with van der Waals surface area (Å²) in [7, 11) is 0. The molecule has 0 heterocycles. The highest BCUT2D eigenvalue weighted by Crippen LogP contribution is 2.11. The Morgan fingerprint density at radius 2 is 1.33 bits per heavy atom. The van der Waals surface area contributed by atoms with Gasteiger partial charge in [-0.2, -0.15) is 24.4 Å². The van der Waals surface area contributed by atoms with E-state index in [-0.39, 0.29) is 0 Å². The van der Waals surface area contributed by atoms with Gasteiger partial charge in [0.25, 0.3) is 0 Å². The van der Waals surface area contributed by atoms with Crippen LogP contribution in [-0.4, -0.2) is 41.8 Å². The minimum atomic E-state index is 1.06. The van der Waals surface area contributed by atoms with E-state index in [9.17, 15) is 0 Å². The van der Waals surface area contributed by atoms with Crippen LogP contribution in [0.4, 0.5) is 0 Å². The van der Waals surface area contributed by atoms with Gasteiger partial charge in [0.2, 0.25) is 0 Å². The molecule has 0 aliphatic heterocycles. The number of hydrogen-bond acceptors (Lipinski definition) is 3. The fraction of sp³-hybridized carbons (Fsp3) is 1.00. The number of thioether (sulfide) groups is 1. The van der Waals surface area contributed by atoms with E-state index in [1.807, 2.05) is 0 Å². The molecule has 0 aromatic heterocycles. The van der Waals surface area contributed by atoms with Gasteiger partial charge in [-0.25, -0.2) is 0 Å². The van der Waals surface area contributed by atoms with Crippen LogP contribution in [0.25, 0.3) is 0 Å². The quantitative estimate of drug-likeness (QED) is 0.364. The highest BCUT2D eigenvalue weighted by molar-refractivity contribution is 7.99. The van der Waals surface area contributed by atoms with Crippen LogP contribution in [0, 0.1) is 0 Å². The summed E-state index contributed by atoms with van der Waals surface area (Å²) in [5.41, 5.74) is 0. The smallest absolute Gasteiger partial charge is 0.00721 e. The Balaban J connectivity index is 3.03. The molecule has 0 saturated carbocycles. The summed E-state index contributed by atoms with van der Waals surface area (Å²) < 4.78 is 0. The third-order valence-electron chi connectivity index (χ3n) is 3.39. The summed E-state index contributed by atoms with van der Waals surface area (Å²) in [6.45, 7) is 8.16. The first-order valence-electron chi connectivity index (χ1n) is 7.76.